The Kier molecular flexibility index (Phi) is 9.37. The summed E-state index contributed by atoms with van der Waals surface area (Å²) in [4.78, 5) is 47.5. The highest BCUT2D eigenvalue weighted by molar-refractivity contribution is 6.15. The van der Waals surface area contributed by atoms with Crippen molar-refractivity contribution < 1.29 is 28.6 Å². The summed E-state index contributed by atoms with van der Waals surface area (Å²) in [5, 5.41) is 0. The van der Waals surface area contributed by atoms with Gasteiger partial charge in [-0.05, 0) is 77.9 Å². The third kappa shape index (κ3) is 5.47. The average molecular weight is 662 g/mol. The number of ether oxygens (including phenoxy) is 3. The molecule has 0 saturated heterocycles. The van der Waals surface area contributed by atoms with E-state index in [2.05, 4.69) is 49.6 Å². The second kappa shape index (κ2) is 13.7. The van der Waals surface area contributed by atoms with Gasteiger partial charge in [0.2, 0.25) is 0 Å². The molecule has 6 rings (SSSR count). The van der Waals surface area contributed by atoms with Crippen LogP contribution in [-0.2, 0) is 15.0 Å². The number of rotatable bonds is 11. The average Bonchev–Trinajstić information content (AvgIpc) is 3.37. The van der Waals surface area contributed by atoms with Crippen molar-refractivity contribution in [2.75, 3.05) is 54.1 Å². The fourth-order valence-electron chi connectivity index (χ4n) is 7.25. The molecule has 0 radical (unpaired) electrons. The first kappa shape index (κ1) is 33.6. The van der Waals surface area contributed by atoms with Crippen molar-refractivity contribution in [3.05, 3.63) is 112 Å². The zero-order valence-corrected chi connectivity index (χ0v) is 29.0. The van der Waals surface area contributed by atoms with Crippen LogP contribution in [0.25, 0.3) is 0 Å². The van der Waals surface area contributed by atoms with Crippen LogP contribution in [0.15, 0.2) is 78.9 Å². The van der Waals surface area contributed by atoms with Crippen LogP contribution in [0, 0.1) is 0 Å². The maximum atomic E-state index is 14.9. The maximum absolute atomic E-state index is 14.9. The molecule has 0 aromatic heterocycles. The first-order chi connectivity index (χ1) is 23.8. The minimum Gasteiger partial charge on any atom is -0.462 e. The number of benzene rings is 4. The van der Waals surface area contributed by atoms with E-state index in [-0.39, 0.29) is 30.2 Å². The van der Waals surface area contributed by atoms with Crippen LogP contribution < -0.4 is 19.4 Å². The zero-order chi connectivity index (χ0) is 34.9. The van der Waals surface area contributed by atoms with Gasteiger partial charge in [-0.15, -0.1) is 0 Å². The van der Waals surface area contributed by atoms with Crippen molar-refractivity contribution in [1.29, 1.82) is 0 Å². The number of hydrogen-bond acceptors (Lipinski definition) is 8. The molecule has 0 atom stereocenters. The Morgan fingerprint density at radius 2 is 1.14 bits per heavy atom. The fraction of sp³-hybridized carbons (Fsp3) is 0.325. The van der Waals surface area contributed by atoms with Gasteiger partial charge in [-0.25, -0.2) is 9.59 Å². The second-order valence-electron chi connectivity index (χ2n) is 11.9. The molecule has 0 aliphatic carbocycles. The molecule has 9 nitrogen and oxygen atoms in total. The Labute approximate surface area is 288 Å². The summed E-state index contributed by atoms with van der Waals surface area (Å²) in [5.74, 6) is -0.237. The summed E-state index contributed by atoms with van der Waals surface area (Å²) in [7, 11) is 0. The molecule has 1 amide bonds. The summed E-state index contributed by atoms with van der Waals surface area (Å²) in [5.41, 5.74) is 4.25. The summed E-state index contributed by atoms with van der Waals surface area (Å²) >= 11 is 0. The van der Waals surface area contributed by atoms with Crippen LogP contribution >= 0.6 is 0 Å². The van der Waals surface area contributed by atoms with Crippen LogP contribution in [0.5, 0.6) is 11.5 Å². The lowest BCUT2D eigenvalue weighted by atomic mass is 9.74. The quantitative estimate of drug-likeness (QED) is 0.151. The number of esters is 2. The predicted octanol–water partition coefficient (Wildman–Crippen LogP) is 7.79. The van der Waals surface area contributed by atoms with Crippen molar-refractivity contribution in [3.8, 4) is 11.5 Å². The Morgan fingerprint density at radius 3 is 1.61 bits per heavy atom. The standard InChI is InChI=1S/C40H43N3O6/c1-7-41(8-2)28-17-19-33-35(24-28)49-36-25-29(42(9-3)10-4)18-20-34(36)40(33)32-16-14-13-15-31(32)37(44)43(40)30-22-26(38(45)47-11-5)21-27(23-30)39(46)48-12-6/h13-25H,7-12H2,1-6H3. The Bertz CT molecular complexity index is 1810. The number of carbonyl (C=O) groups excluding carboxylic acids is 3. The number of anilines is 3. The highest BCUT2D eigenvalue weighted by Gasteiger charge is 2.57. The number of carbonyl (C=O) groups is 3. The number of nitrogens with zero attached hydrogens (tertiary/aromatic N) is 3. The van der Waals surface area contributed by atoms with Crippen LogP contribution in [0.3, 0.4) is 0 Å². The lowest BCUT2D eigenvalue weighted by Crippen LogP contribution is -2.48. The van der Waals surface area contributed by atoms with E-state index in [1.165, 1.54) is 6.07 Å². The normalized spacial score (nSPS) is 13.7. The first-order valence-electron chi connectivity index (χ1n) is 17.2. The topological polar surface area (TPSA) is 88.6 Å². The van der Waals surface area contributed by atoms with Crippen LogP contribution in [-0.4, -0.2) is 57.2 Å². The number of amides is 1. The zero-order valence-electron chi connectivity index (χ0n) is 29.0. The van der Waals surface area contributed by atoms with E-state index in [0.29, 0.717) is 22.7 Å². The van der Waals surface area contributed by atoms with E-state index in [4.69, 9.17) is 14.2 Å². The third-order valence-electron chi connectivity index (χ3n) is 9.47. The molecule has 49 heavy (non-hydrogen) atoms. The van der Waals surface area contributed by atoms with Gasteiger partial charge < -0.3 is 24.0 Å². The van der Waals surface area contributed by atoms with Gasteiger partial charge in [0.05, 0.1) is 24.3 Å². The van der Waals surface area contributed by atoms with Gasteiger partial charge in [-0.1, -0.05) is 30.3 Å². The highest BCUT2D eigenvalue weighted by Crippen LogP contribution is 2.59. The van der Waals surface area contributed by atoms with Gasteiger partial charge in [0.15, 0.2) is 0 Å². The van der Waals surface area contributed by atoms with E-state index < -0.39 is 17.5 Å². The molecule has 4 aromatic rings. The lowest BCUT2D eigenvalue weighted by Gasteiger charge is -2.45. The van der Waals surface area contributed by atoms with Crippen LogP contribution in [0.2, 0.25) is 0 Å². The van der Waals surface area contributed by atoms with Crippen LogP contribution in [0.1, 0.15) is 89.3 Å². The molecule has 0 unspecified atom stereocenters. The van der Waals surface area contributed by atoms with Gasteiger partial charge in [-0.3, -0.25) is 9.69 Å². The van der Waals surface area contributed by atoms with Gasteiger partial charge >= 0.3 is 11.9 Å². The summed E-state index contributed by atoms with van der Waals surface area (Å²) in [6, 6.07) is 24.6. The molecular weight excluding hydrogens is 618 g/mol. The smallest absolute Gasteiger partial charge is 0.338 e. The Morgan fingerprint density at radius 1 is 0.653 bits per heavy atom. The molecular formula is C40H43N3O6. The summed E-state index contributed by atoms with van der Waals surface area (Å²) in [6.45, 7) is 15.4. The SMILES string of the molecule is CCOC(=O)c1cc(C(=O)OCC)cc(N2C(=O)c3ccccc3C23c2ccc(N(CC)CC)cc2Oc2cc(N(CC)CC)ccc23)c1. The summed E-state index contributed by atoms with van der Waals surface area (Å²) < 4.78 is 17.5. The van der Waals surface area contributed by atoms with Crippen LogP contribution in [0.4, 0.5) is 17.1 Å². The van der Waals surface area contributed by atoms with E-state index in [9.17, 15) is 14.4 Å². The minimum absolute atomic E-state index is 0.141. The summed E-state index contributed by atoms with van der Waals surface area (Å²) in [6.07, 6.45) is 0. The van der Waals surface area contributed by atoms with E-state index in [0.717, 1.165) is 54.2 Å². The lowest BCUT2D eigenvalue weighted by molar-refractivity contribution is 0.0524. The predicted molar refractivity (Wildman–Crippen MR) is 192 cm³/mol. The van der Waals surface area contributed by atoms with Crippen molar-refractivity contribution in [2.45, 2.75) is 47.1 Å². The van der Waals surface area contributed by atoms with Gasteiger partial charge in [0.1, 0.15) is 17.0 Å². The third-order valence-corrected chi connectivity index (χ3v) is 9.47. The first-order valence-corrected chi connectivity index (χ1v) is 17.2. The monoisotopic (exact) mass is 661 g/mol. The van der Waals surface area contributed by atoms with E-state index >= 15 is 0 Å². The number of fused-ring (bicyclic) bond motifs is 6. The van der Waals surface area contributed by atoms with E-state index in [1.54, 1.807) is 30.9 Å². The van der Waals surface area contributed by atoms with Crippen molar-refractivity contribution in [3.63, 3.8) is 0 Å². The van der Waals surface area contributed by atoms with E-state index in [1.807, 2.05) is 48.5 Å². The fourth-order valence-corrected chi connectivity index (χ4v) is 7.25. The molecule has 0 fully saturated rings. The van der Waals surface area contributed by atoms with Crippen molar-refractivity contribution >= 4 is 34.9 Å². The van der Waals surface area contributed by atoms with Crippen molar-refractivity contribution in [2.24, 2.45) is 0 Å². The molecule has 2 aliphatic rings. The molecule has 2 heterocycles. The molecule has 0 N–H and O–H groups in total. The largest absolute Gasteiger partial charge is 0.462 e. The second-order valence-corrected chi connectivity index (χ2v) is 11.9. The van der Waals surface area contributed by atoms with Gasteiger partial charge in [0, 0.05) is 77.6 Å². The molecule has 0 bridgehead atoms. The minimum atomic E-state index is -1.21. The van der Waals surface area contributed by atoms with Gasteiger partial charge in [-0.2, -0.15) is 0 Å². The molecule has 1 spiro atoms. The molecule has 4 aromatic carbocycles. The molecule has 9 heteroatoms. The highest BCUT2D eigenvalue weighted by atomic mass is 16.5. The molecule has 0 saturated carbocycles. The Hall–Kier alpha value is -5.31. The Balaban J connectivity index is 1.71. The number of hydrogen-bond donors (Lipinski definition) is 0. The molecule has 2 aliphatic heterocycles. The van der Waals surface area contributed by atoms with Gasteiger partial charge in [0.25, 0.3) is 5.91 Å². The van der Waals surface area contributed by atoms with Crippen molar-refractivity contribution in [1.82, 2.24) is 0 Å². The maximum Gasteiger partial charge on any atom is 0.338 e. The molecule has 254 valence electrons.